The van der Waals surface area contributed by atoms with Gasteiger partial charge < -0.3 is 9.84 Å². The van der Waals surface area contributed by atoms with Gasteiger partial charge in [0.2, 0.25) is 5.78 Å². The number of carbonyl (C=O) groups excluding carboxylic acids is 2. The molecule has 6 nitrogen and oxygen atoms in total. The number of hydrogen-bond acceptors (Lipinski definition) is 5. The van der Waals surface area contributed by atoms with E-state index in [2.05, 4.69) is 5.10 Å². The van der Waals surface area contributed by atoms with E-state index in [-0.39, 0.29) is 17.5 Å². The molecule has 1 aromatic heterocycles. The highest BCUT2D eigenvalue weighted by Crippen LogP contribution is 2.22. The van der Waals surface area contributed by atoms with Gasteiger partial charge in [0.15, 0.2) is 0 Å². The van der Waals surface area contributed by atoms with E-state index < -0.39 is 0 Å². The number of benzene rings is 2. The summed E-state index contributed by atoms with van der Waals surface area (Å²) in [5, 5.41) is 14.6. The van der Waals surface area contributed by atoms with Gasteiger partial charge in [-0.15, -0.1) is 0 Å². The van der Waals surface area contributed by atoms with Crippen LogP contribution in [0, 0.1) is 0 Å². The predicted octanol–water partition coefficient (Wildman–Crippen LogP) is 3.32. The Kier molecular flexibility index (Phi) is 5.31. The van der Waals surface area contributed by atoms with Crippen LogP contribution in [0.5, 0.6) is 5.75 Å². The molecule has 6 heteroatoms. The van der Waals surface area contributed by atoms with E-state index in [9.17, 15) is 14.7 Å². The summed E-state index contributed by atoms with van der Waals surface area (Å²) in [5.41, 5.74) is 1.67. The molecule has 134 valence electrons. The molecule has 0 radical (unpaired) electrons. The molecular weight excluding hydrogens is 332 g/mol. The van der Waals surface area contributed by atoms with Gasteiger partial charge in [-0.1, -0.05) is 18.2 Å². The lowest BCUT2D eigenvalue weighted by Crippen LogP contribution is -2.08. The fourth-order valence-electron chi connectivity index (χ4n) is 2.82. The highest BCUT2D eigenvalue weighted by molar-refractivity contribution is 6.14. The van der Waals surface area contributed by atoms with Crippen LogP contribution in [0.3, 0.4) is 0 Å². The lowest BCUT2D eigenvalue weighted by atomic mass is 10.1. The molecule has 0 aliphatic heterocycles. The summed E-state index contributed by atoms with van der Waals surface area (Å²) < 4.78 is 6.69. The SMILES string of the molecule is CCOC(=O)CCCn1nc(C(=O)c2ccc(O)cc2)c2ccccc21. The highest BCUT2D eigenvalue weighted by atomic mass is 16.5. The summed E-state index contributed by atoms with van der Waals surface area (Å²) in [6.07, 6.45) is 0.890. The number of rotatable bonds is 7. The lowest BCUT2D eigenvalue weighted by molar-refractivity contribution is -0.143. The fraction of sp³-hybridized carbons (Fsp3) is 0.250. The zero-order valence-corrected chi connectivity index (χ0v) is 14.5. The summed E-state index contributed by atoms with van der Waals surface area (Å²) in [6.45, 7) is 2.66. The third kappa shape index (κ3) is 3.74. The molecule has 0 fully saturated rings. The van der Waals surface area contributed by atoms with E-state index in [1.54, 1.807) is 23.7 Å². The molecule has 2 aromatic carbocycles. The van der Waals surface area contributed by atoms with Gasteiger partial charge in [-0.3, -0.25) is 14.3 Å². The van der Waals surface area contributed by atoms with Crippen LogP contribution in [0.1, 0.15) is 35.8 Å². The number of ether oxygens (including phenoxy) is 1. The molecule has 0 aliphatic carbocycles. The standard InChI is InChI=1S/C20H20N2O4/c1-2-26-18(24)8-5-13-22-17-7-4-3-6-16(17)19(21-22)20(25)14-9-11-15(23)12-10-14/h3-4,6-7,9-12,23H,2,5,8,13H2,1H3. The molecule has 0 atom stereocenters. The van der Waals surface area contributed by atoms with Gasteiger partial charge in [-0.05, 0) is 43.7 Å². The van der Waals surface area contributed by atoms with Gasteiger partial charge in [-0.2, -0.15) is 5.10 Å². The average molecular weight is 352 g/mol. The Morgan fingerprint density at radius 1 is 1.12 bits per heavy atom. The van der Waals surface area contributed by atoms with Crippen molar-refractivity contribution >= 4 is 22.7 Å². The maximum absolute atomic E-state index is 12.8. The topological polar surface area (TPSA) is 81.4 Å². The van der Waals surface area contributed by atoms with Gasteiger partial charge in [0.05, 0.1) is 12.1 Å². The van der Waals surface area contributed by atoms with E-state index in [1.807, 2.05) is 24.3 Å². The average Bonchev–Trinajstić information content (AvgIpc) is 3.01. The molecule has 0 spiro atoms. The van der Waals surface area contributed by atoms with Crippen molar-refractivity contribution in [2.75, 3.05) is 6.61 Å². The molecule has 3 aromatic rings. The second-order valence-corrected chi connectivity index (χ2v) is 5.87. The van der Waals surface area contributed by atoms with E-state index in [4.69, 9.17) is 4.74 Å². The predicted molar refractivity (Wildman–Crippen MR) is 97.1 cm³/mol. The molecule has 1 heterocycles. The van der Waals surface area contributed by atoms with E-state index in [0.717, 1.165) is 10.9 Å². The Hall–Kier alpha value is -3.15. The molecule has 0 bridgehead atoms. The van der Waals surface area contributed by atoms with Crippen LogP contribution in [-0.2, 0) is 16.1 Å². The summed E-state index contributed by atoms with van der Waals surface area (Å²) in [6, 6.07) is 13.6. The number of esters is 1. The number of nitrogens with zero attached hydrogens (tertiary/aromatic N) is 2. The minimum absolute atomic E-state index is 0.107. The van der Waals surface area contributed by atoms with Crippen molar-refractivity contribution in [3.8, 4) is 5.75 Å². The minimum atomic E-state index is -0.232. The van der Waals surface area contributed by atoms with Gasteiger partial charge in [0.1, 0.15) is 11.4 Å². The minimum Gasteiger partial charge on any atom is -0.508 e. The molecule has 0 amide bonds. The van der Waals surface area contributed by atoms with Gasteiger partial charge in [-0.25, -0.2) is 0 Å². The van der Waals surface area contributed by atoms with E-state index in [1.165, 1.54) is 12.1 Å². The summed E-state index contributed by atoms with van der Waals surface area (Å²) in [4.78, 5) is 24.3. The molecule has 26 heavy (non-hydrogen) atoms. The van der Waals surface area contributed by atoms with E-state index >= 15 is 0 Å². The monoisotopic (exact) mass is 352 g/mol. The maximum atomic E-state index is 12.8. The maximum Gasteiger partial charge on any atom is 0.305 e. The number of aryl methyl sites for hydroxylation is 1. The van der Waals surface area contributed by atoms with Gasteiger partial charge in [0.25, 0.3) is 0 Å². The Bertz CT molecular complexity index is 929. The number of aromatic nitrogens is 2. The van der Waals surface area contributed by atoms with Crippen LogP contribution in [0.2, 0.25) is 0 Å². The van der Waals surface area contributed by atoms with Crippen molar-refractivity contribution in [3.63, 3.8) is 0 Å². The third-order valence-electron chi connectivity index (χ3n) is 4.06. The third-order valence-corrected chi connectivity index (χ3v) is 4.06. The first-order chi connectivity index (χ1) is 12.6. The number of ketones is 1. The molecule has 0 aliphatic rings. The molecular formula is C20H20N2O4. The number of phenolic OH excluding ortho intramolecular Hbond substituents is 1. The van der Waals surface area contributed by atoms with Crippen molar-refractivity contribution in [2.45, 2.75) is 26.3 Å². The second-order valence-electron chi connectivity index (χ2n) is 5.87. The first-order valence-electron chi connectivity index (χ1n) is 8.55. The van der Waals surface area contributed by atoms with Crippen LogP contribution in [-0.4, -0.2) is 33.2 Å². The van der Waals surface area contributed by atoms with Crippen molar-refractivity contribution in [3.05, 3.63) is 59.8 Å². The van der Waals surface area contributed by atoms with Crippen molar-refractivity contribution in [1.82, 2.24) is 9.78 Å². The zero-order chi connectivity index (χ0) is 18.5. The van der Waals surface area contributed by atoms with Crippen LogP contribution < -0.4 is 0 Å². The summed E-state index contributed by atoms with van der Waals surface area (Å²) in [7, 11) is 0. The molecule has 1 N–H and O–H groups in total. The van der Waals surface area contributed by atoms with Gasteiger partial charge >= 0.3 is 5.97 Å². The molecule has 3 rings (SSSR count). The van der Waals surface area contributed by atoms with E-state index in [0.29, 0.717) is 37.3 Å². The smallest absolute Gasteiger partial charge is 0.305 e. The number of phenols is 1. The van der Waals surface area contributed by atoms with Crippen LogP contribution in [0.15, 0.2) is 48.5 Å². The summed E-state index contributed by atoms with van der Waals surface area (Å²) in [5.74, 6) is -0.328. The Morgan fingerprint density at radius 3 is 2.58 bits per heavy atom. The van der Waals surface area contributed by atoms with Gasteiger partial charge in [0, 0.05) is 23.9 Å². The molecule has 0 saturated carbocycles. The number of para-hydroxylation sites is 1. The molecule has 0 saturated heterocycles. The first-order valence-corrected chi connectivity index (χ1v) is 8.55. The normalized spacial score (nSPS) is 10.8. The van der Waals surface area contributed by atoms with Crippen molar-refractivity contribution < 1.29 is 19.4 Å². The number of fused-ring (bicyclic) bond motifs is 1. The Balaban J connectivity index is 1.86. The quantitative estimate of drug-likeness (QED) is 0.521. The second kappa shape index (κ2) is 7.82. The van der Waals surface area contributed by atoms with Crippen LogP contribution in [0.25, 0.3) is 10.9 Å². The van der Waals surface area contributed by atoms with Crippen LogP contribution in [0.4, 0.5) is 0 Å². The number of aromatic hydroxyl groups is 1. The molecule has 0 unspecified atom stereocenters. The largest absolute Gasteiger partial charge is 0.508 e. The van der Waals surface area contributed by atoms with Crippen molar-refractivity contribution in [1.29, 1.82) is 0 Å². The van der Waals surface area contributed by atoms with Crippen molar-refractivity contribution in [2.24, 2.45) is 0 Å². The highest BCUT2D eigenvalue weighted by Gasteiger charge is 2.18. The zero-order valence-electron chi connectivity index (χ0n) is 14.5. The van der Waals surface area contributed by atoms with Crippen LogP contribution >= 0.6 is 0 Å². The Labute approximate surface area is 151 Å². The Morgan fingerprint density at radius 2 is 1.85 bits per heavy atom. The first kappa shape index (κ1) is 17.7. The number of carbonyl (C=O) groups is 2. The summed E-state index contributed by atoms with van der Waals surface area (Å²) >= 11 is 0. The lowest BCUT2D eigenvalue weighted by Gasteiger charge is -2.03. The fourth-order valence-corrected chi connectivity index (χ4v) is 2.82. The number of hydrogen-bond donors (Lipinski definition) is 1.